The molecular formula is C39H46. The van der Waals surface area contributed by atoms with Gasteiger partial charge in [0.15, 0.2) is 0 Å². The molecule has 5 rings (SSSR count). The monoisotopic (exact) mass is 514 g/mol. The Hall–Kier alpha value is -3.04. The second kappa shape index (κ2) is 13.3. The summed E-state index contributed by atoms with van der Waals surface area (Å²) in [7, 11) is 0. The number of hydrogen-bond donors (Lipinski definition) is 0. The molecule has 0 aromatic heterocycles. The number of terminal acetylenes is 1. The summed E-state index contributed by atoms with van der Waals surface area (Å²) in [6.07, 6.45) is 19.5. The smallest absolute Gasteiger partial charge is 0.0242 e. The molecule has 0 spiro atoms. The van der Waals surface area contributed by atoms with Crippen LogP contribution in [0.5, 0.6) is 0 Å². The molecule has 0 aliphatic heterocycles. The SMILES string of the molecule is C#Cc1ccc(CC2CCC(C(C(=C)CCc3ccccc3)c3ccc(C4CCC(CC)C4)cc3)CC2)cc1. The summed E-state index contributed by atoms with van der Waals surface area (Å²) in [4.78, 5) is 0. The maximum Gasteiger partial charge on any atom is 0.0242 e. The van der Waals surface area contributed by atoms with Gasteiger partial charge in [-0.15, -0.1) is 6.42 Å². The lowest BCUT2D eigenvalue weighted by molar-refractivity contribution is 0.252. The molecule has 0 heteroatoms. The summed E-state index contributed by atoms with van der Waals surface area (Å²) >= 11 is 0. The Morgan fingerprint density at radius 2 is 1.51 bits per heavy atom. The zero-order valence-corrected chi connectivity index (χ0v) is 24.0. The van der Waals surface area contributed by atoms with Crippen molar-refractivity contribution in [3.8, 4) is 12.3 Å². The van der Waals surface area contributed by atoms with E-state index < -0.39 is 0 Å². The van der Waals surface area contributed by atoms with Crippen molar-refractivity contribution in [3.05, 3.63) is 119 Å². The Labute approximate surface area is 238 Å². The van der Waals surface area contributed by atoms with Gasteiger partial charge in [-0.2, -0.15) is 0 Å². The third-order valence-corrected chi connectivity index (χ3v) is 9.91. The molecule has 3 atom stereocenters. The molecule has 3 aromatic rings. The Kier molecular flexibility index (Phi) is 9.42. The fraction of sp³-hybridized carbons (Fsp3) is 0.436. The van der Waals surface area contributed by atoms with Gasteiger partial charge in [0.25, 0.3) is 0 Å². The molecule has 202 valence electrons. The van der Waals surface area contributed by atoms with E-state index in [1.807, 2.05) is 0 Å². The van der Waals surface area contributed by atoms with Crippen LogP contribution >= 0.6 is 0 Å². The minimum absolute atomic E-state index is 0.464. The van der Waals surface area contributed by atoms with Crippen molar-refractivity contribution in [3.63, 3.8) is 0 Å². The molecular weight excluding hydrogens is 468 g/mol. The van der Waals surface area contributed by atoms with E-state index in [0.717, 1.165) is 36.2 Å². The topological polar surface area (TPSA) is 0 Å². The van der Waals surface area contributed by atoms with Gasteiger partial charge < -0.3 is 0 Å². The van der Waals surface area contributed by atoms with E-state index in [2.05, 4.69) is 91.7 Å². The summed E-state index contributed by atoms with van der Waals surface area (Å²) in [5.41, 5.74) is 8.29. The first-order valence-corrected chi connectivity index (χ1v) is 15.5. The maximum absolute atomic E-state index is 5.55. The van der Waals surface area contributed by atoms with Crippen molar-refractivity contribution in [2.45, 2.75) is 89.4 Å². The van der Waals surface area contributed by atoms with Crippen LogP contribution in [0.25, 0.3) is 0 Å². The fourth-order valence-electron chi connectivity index (χ4n) is 7.47. The molecule has 0 N–H and O–H groups in total. The predicted octanol–water partition coefficient (Wildman–Crippen LogP) is 10.3. The number of benzene rings is 3. The van der Waals surface area contributed by atoms with Crippen LogP contribution in [-0.2, 0) is 12.8 Å². The quantitative estimate of drug-likeness (QED) is 0.186. The van der Waals surface area contributed by atoms with E-state index in [1.165, 1.54) is 80.1 Å². The molecule has 0 saturated heterocycles. The molecule has 0 bridgehead atoms. The molecule has 3 unspecified atom stereocenters. The number of aryl methyl sites for hydroxylation is 1. The summed E-state index contributed by atoms with van der Waals surface area (Å²) in [6, 6.07) is 29.4. The average molecular weight is 515 g/mol. The molecule has 39 heavy (non-hydrogen) atoms. The summed E-state index contributed by atoms with van der Waals surface area (Å²) in [5.74, 6) is 6.34. The van der Waals surface area contributed by atoms with Gasteiger partial charge in [-0.3, -0.25) is 0 Å². The minimum atomic E-state index is 0.464. The zero-order chi connectivity index (χ0) is 27.0. The molecule has 3 aromatic carbocycles. The normalized spacial score (nSPS) is 23.7. The first-order chi connectivity index (χ1) is 19.1. The average Bonchev–Trinajstić information content (AvgIpc) is 3.48. The van der Waals surface area contributed by atoms with Gasteiger partial charge in [0.1, 0.15) is 0 Å². The van der Waals surface area contributed by atoms with E-state index in [-0.39, 0.29) is 0 Å². The minimum Gasteiger partial charge on any atom is -0.115 e. The standard InChI is InChI=1S/C39H46/c1-4-30-13-15-33(16-14-30)27-34-18-20-36(21-19-34)39(29(3)11-12-32-9-7-6-8-10-32)37-25-23-35(24-26-37)38-22-17-31(5-2)28-38/h1,6-10,13-16,23-26,31,34,36,38-39H,3,5,11-12,17-22,27-28H2,2H3. The Bertz CT molecular complexity index is 1220. The Balaban J connectivity index is 1.27. The van der Waals surface area contributed by atoms with Crippen molar-refractivity contribution in [2.75, 3.05) is 0 Å². The molecule has 2 fully saturated rings. The van der Waals surface area contributed by atoms with Crippen LogP contribution in [0.15, 0.2) is 91.0 Å². The fourth-order valence-corrected chi connectivity index (χ4v) is 7.47. The summed E-state index contributed by atoms with van der Waals surface area (Å²) in [5, 5.41) is 0. The highest BCUT2D eigenvalue weighted by molar-refractivity contribution is 5.35. The maximum atomic E-state index is 5.55. The lowest BCUT2D eigenvalue weighted by Gasteiger charge is -2.36. The van der Waals surface area contributed by atoms with Gasteiger partial charge in [0.2, 0.25) is 0 Å². The van der Waals surface area contributed by atoms with Crippen LogP contribution in [-0.4, -0.2) is 0 Å². The Morgan fingerprint density at radius 1 is 0.821 bits per heavy atom. The van der Waals surface area contributed by atoms with Crippen LogP contribution in [0.3, 0.4) is 0 Å². The van der Waals surface area contributed by atoms with Crippen LogP contribution < -0.4 is 0 Å². The van der Waals surface area contributed by atoms with Crippen LogP contribution in [0.2, 0.25) is 0 Å². The number of hydrogen-bond acceptors (Lipinski definition) is 0. The molecule has 0 heterocycles. The highest BCUT2D eigenvalue weighted by atomic mass is 14.4. The van der Waals surface area contributed by atoms with E-state index >= 15 is 0 Å². The van der Waals surface area contributed by atoms with Crippen LogP contribution in [0.4, 0.5) is 0 Å². The van der Waals surface area contributed by atoms with Gasteiger partial charge in [-0.1, -0.05) is 98.1 Å². The van der Waals surface area contributed by atoms with E-state index in [1.54, 1.807) is 5.56 Å². The predicted molar refractivity (Wildman–Crippen MR) is 167 cm³/mol. The van der Waals surface area contributed by atoms with Crippen molar-refractivity contribution in [1.29, 1.82) is 0 Å². The summed E-state index contributed by atoms with van der Waals surface area (Å²) in [6.45, 7) is 7.08. The number of rotatable bonds is 10. The third-order valence-electron chi connectivity index (χ3n) is 9.91. The molecule has 0 amide bonds. The van der Waals surface area contributed by atoms with Gasteiger partial charge in [-0.25, -0.2) is 0 Å². The molecule has 2 aliphatic carbocycles. The van der Waals surface area contributed by atoms with E-state index in [4.69, 9.17) is 13.0 Å². The van der Waals surface area contributed by atoms with Crippen molar-refractivity contribution in [1.82, 2.24) is 0 Å². The highest BCUT2D eigenvalue weighted by Gasteiger charge is 2.31. The van der Waals surface area contributed by atoms with Gasteiger partial charge >= 0.3 is 0 Å². The van der Waals surface area contributed by atoms with Crippen molar-refractivity contribution in [2.24, 2.45) is 17.8 Å². The van der Waals surface area contributed by atoms with Crippen LogP contribution in [0.1, 0.15) is 104 Å². The number of allylic oxidation sites excluding steroid dienone is 1. The second-order valence-corrected chi connectivity index (χ2v) is 12.4. The first kappa shape index (κ1) is 27.5. The summed E-state index contributed by atoms with van der Waals surface area (Å²) < 4.78 is 0. The van der Waals surface area contributed by atoms with Crippen LogP contribution in [0, 0.1) is 30.1 Å². The molecule has 2 aliphatic rings. The second-order valence-electron chi connectivity index (χ2n) is 12.4. The van der Waals surface area contributed by atoms with Gasteiger partial charge in [0, 0.05) is 11.5 Å². The first-order valence-electron chi connectivity index (χ1n) is 15.5. The van der Waals surface area contributed by atoms with E-state index in [0.29, 0.717) is 11.8 Å². The lowest BCUT2D eigenvalue weighted by Crippen LogP contribution is -2.23. The molecule has 0 nitrogen and oxygen atoms in total. The Morgan fingerprint density at radius 3 is 2.15 bits per heavy atom. The van der Waals surface area contributed by atoms with Crippen molar-refractivity contribution >= 4 is 0 Å². The molecule has 0 radical (unpaired) electrons. The zero-order valence-electron chi connectivity index (χ0n) is 24.0. The largest absolute Gasteiger partial charge is 0.115 e. The lowest BCUT2D eigenvalue weighted by atomic mass is 9.69. The van der Waals surface area contributed by atoms with Gasteiger partial charge in [-0.05, 0) is 122 Å². The van der Waals surface area contributed by atoms with Gasteiger partial charge in [0.05, 0.1) is 0 Å². The highest BCUT2D eigenvalue weighted by Crippen LogP contribution is 2.45. The van der Waals surface area contributed by atoms with Crippen molar-refractivity contribution < 1.29 is 0 Å². The third kappa shape index (κ3) is 7.13. The molecule has 2 saturated carbocycles. The van der Waals surface area contributed by atoms with E-state index in [9.17, 15) is 0 Å².